The number of nitrogen functional groups attached to an aromatic ring is 1. The molecule has 17 nitrogen and oxygen atoms in total. The van der Waals surface area contributed by atoms with E-state index >= 15 is 0 Å². The lowest BCUT2D eigenvalue weighted by Crippen LogP contribution is -2.52. The number of hydrogen-bond acceptors (Lipinski definition) is 11. The van der Waals surface area contributed by atoms with Crippen molar-refractivity contribution in [2.24, 2.45) is 5.84 Å². The van der Waals surface area contributed by atoms with E-state index in [9.17, 15) is 29.4 Å². The lowest BCUT2D eigenvalue weighted by molar-refractivity contribution is -0.140. The van der Waals surface area contributed by atoms with E-state index in [1.165, 1.54) is 26.0 Å². The summed E-state index contributed by atoms with van der Waals surface area (Å²) in [6.45, 7) is 43.4. The highest BCUT2D eigenvalue weighted by atomic mass is 35.5. The van der Waals surface area contributed by atoms with Crippen molar-refractivity contribution in [2.45, 2.75) is 143 Å². The molecule has 10 N–H and O–H groups in total. The second kappa shape index (κ2) is 27.4. The Bertz CT molecular complexity index is 2620. The number of nitrogens with zero attached hydrogens (tertiary/aromatic N) is 2. The predicted molar refractivity (Wildman–Crippen MR) is 295 cm³/mol. The van der Waals surface area contributed by atoms with Crippen molar-refractivity contribution >= 4 is 86.3 Å². The Kier molecular flexibility index (Phi) is 23.8. The van der Waals surface area contributed by atoms with Gasteiger partial charge in [0.05, 0.1) is 48.6 Å². The number of amides is 3. The second-order valence-corrected chi connectivity index (χ2v) is 30.7. The Hall–Kier alpha value is -5.85. The summed E-state index contributed by atoms with van der Waals surface area (Å²) in [4.78, 5) is 54.1. The second-order valence-electron chi connectivity index (χ2n) is 20.3. The minimum atomic E-state index is -1.88. The van der Waals surface area contributed by atoms with Crippen molar-refractivity contribution in [3.63, 3.8) is 0 Å². The minimum absolute atomic E-state index is 0.107. The number of aliphatic carboxylic acids is 1. The van der Waals surface area contributed by atoms with Crippen LogP contribution in [0.25, 0.3) is 9.69 Å². The molecule has 0 radical (unpaired) electrons. The average Bonchev–Trinajstić information content (AvgIpc) is 3.32. The number of nitrogens with one attached hydrogen (secondary N) is 5. The fraction of sp³-hybridized carbons (Fsp3) is 0.423. The van der Waals surface area contributed by atoms with E-state index in [-0.39, 0.29) is 26.0 Å². The fourth-order valence-electron chi connectivity index (χ4n) is 5.77. The van der Waals surface area contributed by atoms with Crippen LogP contribution in [-0.2, 0) is 31.7 Å². The molecule has 0 heterocycles. The summed E-state index contributed by atoms with van der Waals surface area (Å²) < 4.78 is 12.3. The van der Waals surface area contributed by atoms with Gasteiger partial charge in [-0.2, -0.15) is 0 Å². The third-order valence-electron chi connectivity index (χ3n) is 12.8. The Balaban J connectivity index is 0.000000414. The Morgan fingerprint density at radius 3 is 1.30 bits per heavy atom. The van der Waals surface area contributed by atoms with E-state index in [0.29, 0.717) is 58.2 Å². The number of benzene rings is 4. The number of nitrogens with two attached hydrogens (primary N) is 1. The number of carbonyl (C=O) groups excluding carboxylic acids is 3. The number of carboxylic acid groups (broad SMARTS) is 1. The lowest BCUT2D eigenvalue weighted by Gasteiger charge is -2.36. The first-order valence-corrected chi connectivity index (χ1v) is 29.8. The number of carbonyl (C=O) groups is 4. The number of hydrogen-bond donors (Lipinski definition) is 9. The zero-order chi connectivity index (χ0) is 55.8. The number of anilines is 2. The van der Waals surface area contributed by atoms with Gasteiger partial charge < -0.3 is 34.8 Å². The normalized spacial score (nSPS) is 13.1. The first kappa shape index (κ1) is 63.3. The number of hydrazine groups is 2. The molecule has 4 atom stereocenters. The molecule has 0 spiro atoms. The third-order valence-corrected chi connectivity index (χ3v) is 22.7. The summed E-state index contributed by atoms with van der Waals surface area (Å²) in [5.74, 6) is 2.52. The van der Waals surface area contributed by atoms with Crippen LogP contribution in [0.3, 0.4) is 0 Å². The van der Waals surface area contributed by atoms with Gasteiger partial charge in [0.2, 0.25) is 11.4 Å². The summed E-state index contributed by atoms with van der Waals surface area (Å²) in [6.07, 6.45) is -2.14. The Morgan fingerprint density at radius 1 is 0.630 bits per heavy atom. The van der Waals surface area contributed by atoms with Crippen LogP contribution in [0, 0.1) is 27.0 Å². The van der Waals surface area contributed by atoms with Crippen molar-refractivity contribution in [2.75, 3.05) is 10.6 Å². The van der Waals surface area contributed by atoms with Crippen LogP contribution in [0.15, 0.2) is 72.8 Å². The summed E-state index contributed by atoms with van der Waals surface area (Å²) >= 11 is 12.2. The molecule has 0 aliphatic rings. The van der Waals surface area contributed by atoms with E-state index < -0.39 is 58.7 Å². The minimum Gasteiger partial charge on any atom is -0.480 e. The number of halogens is 2. The molecule has 4 aromatic rings. The fourth-order valence-corrected chi connectivity index (χ4v) is 8.11. The number of rotatable bonds is 16. The van der Waals surface area contributed by atoms with Crippen LogP contribution in [0.5, 0.6) is 0 Å². The maximum absolute atomic E-state index is 12.7. The van der Waals surface area contributed by atoms with Gasteiger partial charge in [-0.05, 0) is 123 Å². The molecule has 0 saturated heterocycles. The van der Waals surface area contributed by atoms with Crippen LogP contribution in [0.1, 0.15) is 98.4 Å². The molecule has 73 heavy (non-hydrogen) atoms. The monoisotopic (exact) mass is 1080 g/mol. The summed E-state index contributed by atoms with van der Waals surface area (Å²) in [6, 6.07) is 18.3. The van der Waals surface area contributed by atoms with Crippen LogP contribution in [0.2, 0.25) is 46.3 Å². The van der Waals surface area contributed by atoms with E-state index in [0.717, 1.165) is 11.1 Å². The standard InChI is InChI=1S/C26H35ClN4O4Si.C14H24N2O2Si.C12H13ClN2O3/c1-16-20(13-14-21(28-6)22(16)27)29-23(17(2)32)25(34)31-30-24(33)19-11-9-18(10-12-19)15-35-36(7,8)26(3,4)5;1-14(2,3)19(4,5)18-10-11-6-8-12(9-7-11)13(17)16-15;1-6-8(4-5-9(14-3)10(6)13)15-11(7(2)16)12(17)18/h9-14,17,23,29,32H,15H2,1-5,7-8H3,(H,30,33)(H,31,34);6-9H,10,15H2,1-5H3,(H,16,17);4-5,7,11,15-16H,1-2H3,(H,17,18)/t17?,23-;;7?,11-/m1.1/s1. The molecule has 4 rings (SSSR count). The molecule has 0 bridgehead atoms. The largest absolute Gasteiger partial charge is 0.480 e. The molecule has 0 aliphatic heterocycles. The topological polar surface area (TPSA) is 242 Å². The number of aliphatic hydroxyl groups excluding tert-OH is 2. The highest BCUT2D eigenvalue weighted by Crippen LogP contribution is 2.39. The molecule has 4 aromatic carbocycles. The average molecular weight is 1080 g/mol. The van der Waals surface area contributed by atoms with E-state index in [1.807, 2.05) is 24.3 Å². The smallest absolute Gasteiger partial charge is 0.328 e. The van der Waals surface area contributed by atoms with Gasteiger partial charge in [-0.1, -0.05) is 101 Å². The van der Waals surface area contributed by atoms with Crippen LogP contribution >= 0.6 is 23.2 Å². The molecule has 0 fully saturated rings. The molecule has 0 aromatic heterocycles. The van der Waals surface area contributed by atoms with Crippen molar-refractivity contribution in [1.82, 2.24) is 16.3 Å². The maximum atomic E-state index is 12.7. The van der Waals surface area contributed by atoms with E-state index in [1.54, 1.807) is 50.2 Å². The molecule has 0 aliphatic carbocycles. The zero-order valence-electron chi connectivity index (χ0n) is 44.2. The van der Waals surface area contributed by atoms with Crippen LogP contribution < -0.4 is 32.8 Å². The molecular weight excluding hydrogens is 1010 g/mol. The van der Waals surface area contributed by atoms with Crippen LogP contribution in [-0.4, -0.2) is 79.9 Å². The van der Waals surface area contributed by atoms with Crippen molar-refractivity contribution in [3.8, 4) is 0 Å². The van der Waals surface area contributed by atoms with Gasteiger partial charge in [-0.3, -0.25) is 30.7 Å². The van der Waals surface area contributed by atoms with Gasteiger partial charge >= 0.3 is 5.97 Å². The third kappa shape index (κ3) is 18.5. The number of aliphatic hydroxyl groups is 2. The highest BCUT2D eigenvalue weighted by molar-refractivity contribution is 6.74. The molecule has 2 unspecified atom stereocenters. The van der Waals surface area contributed by atoms with Gasteiger partial charge in [-0.15, -0.1) is 0 Å². The van der Waals surface area contributed by atoms with Gasteiger partial charge in [0.15, 0.2) is 22.7 Å². The first-order chi connectivity index (χ1) is 33.7. The zero-order valence-corrected chi connectivity index (χ0v) is 47.7. The molecule has 0 saturated carbocycles. The van der Waals surface area contributed by atoms with E-state index in [4.69, 9.17) is 56.1 Å². The number of carboxylic acids is 1. The van der Waals surface area contributed by atoms with Crippen molar-refractivity contribution in [1.29, 1.82) is 0 Å². The quantitative estimate of drug-likeness (QED) is 0.0167. The van der Waals surface area contributed by atoms with Gasteiger partial charge in [0.25, 0.3) is 17.7 Å². The Labute approximate surface area is 442 Å². The maximum Gasteiger partial charge on any atom is 0.328 e. The van der Waals surface area contributed by atoms with E-state index in [2.05, 4.69) is 104 Å². The summed E-state index contributed by atoms with van der Waals surface area (Å²) in [7, 11) is -3.61. The SMILES string of the molecule is CC(C)(C)[Si](C)(C)OCc1ccc(C(=O)NN)cc1.[C-]#[N+]c1ccc(N[C@@H](C(=O)NNC(=O)c2ccc(CO[Si](C)(C)C(C)(C)C)cc2)C(C)O)c(C)c1Cl.[C-]#[N+]c1ccc(N[C@@H](C(=O)O)C(C)O)c(C)c1Cl. The Morgan fingerprint density at radius 2 is 0.986 bits per heavy atom. The molecule has 3 amide bonds. The molecular formula is C52H72Cl2N8O9Si2. The van der Waals surface area contributed by atoms with Gasteiger partial charge in [0, 0.05) is 22.5 Å². The highest BCUT2D eigenvalue weighted by Gasteiger charge is 2.38. The van der Waals surface area contributed by atoms with Crippen LogP contribution in [0.4, 0.5) is 22.7 Å². The van der Waals surface area contributed by atoms with Crippen molar-refractivity contribution in [3.05, 3.63) is 139 Å². The summed E-state index contributed by atoms with van der Waals surface area (Å²) in [5.41, 5.74) is 12.5. The first-order valence-electron chi connectivity index (χ1n) is 23.3. The molecule has 396 valence electrons. The predicted octanol–water partition coefficient (Wildman–Crippen LogP) is 10.6. The molecule has 21 heteroatoms. The summed E-state index contributed by atoms with van der Waals surface area (Å²) in [5, 5.41) is 35.0. The van der Waals surface area contributed by atoms with Gasteiger partial charge in [0.1, 0.15) is 6.04 Å². The lowest BCUT2D eigenvalue weighted by atomic mass is 10.1. The van der Waals surface area contributed by atoms with Crippen molar-refractivity contribution < 1.29 is 43.3 Å². The van der Waals surface area contributed by atoms with Gasteiger partial charge in [-0.25, -0.2) is 20.3 Å².